The van der Waals surface area contributed by atoms with E-state index in [0.29, 0.717) is 13.2 Å². The zero-order chi connectivity index (χ0) is 16.9. The van der Waals surface area contributed by atoms with Gasteiger partial charge in [-0.05, 0) is 11.4 Å². The van der Waals surface area contributed by atoms with Crippen LogP contribution in [-0.4, -0.2) is 64.5 Å². The number of carbonyl (C=O) groups is 2. The lowest BCUT2D eigenvalue weighted by atomic mass is 10.1. The van der Waals surface area contributed by atoms with Crippen molar-refractivity contribution in [3.05, 3.63) is 17.5 Å². The quantitative estimate of drug-likeness (QED) is 0.703. The molecule has 0 radical (unpaired) electrons. The summed E-state index contributed by atoms with van der Waals surface area (Å²) in [5.74, 6) is -0.570. The highest BCUT2D eigenvalue weighted by atomic mass is 32.2. The van der Waals surface area contributed by atoms with Gasteiger partial charge < -0.3 is 15.0 Å². The molecule has 10 heteroatoms. The van der Waals surface area contributed by atoms with Crippen LogP contribution in [0.5, 0.6) is 0 Å². The molecule has 2 heterocycles. The highest BCUT2D eigenvalue weighted by Gasteiger charge is 2.29. The Morgan fingerprint density at radius 2 is 2.26 bits per heavy atom. The maximum Gasteiger partial charge on any atom is 0.250 e. The van der Waals surface area contributed by atoms with E-state index in [9.17, 15) is 18.0 Å². The maximum atomic E-state index is 12.3. The summed E-state index contributed by atoms with van der Waals surface area (Å²) in [4.78, 5) is 25.3. The lowest BCUT2D eigenvalue weighted by molar-refractivity contribution is -0.140. The number of amides is 2. The number of hydrogen-bond acceptors (Lipinski definition) is 6. The molecule has 0 bridgehead atoms. The minimum Gasteiger partial charge on any atom is -0.377 e. The molecule has 1 fully saturated rings. The predicted octanol–water partition coefficient (Wildman–Crippen LogP) is -0.610. The SMILES string of the molecule is CNC(=O)C[C@@H]1COCCN1C(=O)CNS(=O)(=O)c1cccs1. The normalized spacial score (nSPS) is 18.7. The molecule has 1 atom stereocenters. The van der Waals surface area contributed by atoms with Gasteiger partial charge in [-0.15, -0.1) is 11.3 Å². The third-order valence-electron chi connectivity index (χ3n) is 3.42. The Hall–Kier alpha value is -1.49. The summed E-state index contributed by atoms with van der Waals surface area (Å²) in [7, 11) is -2.16. The Balaban J connectivity index is 1.96. The van der Waals surface area contributed by atoms with Gasteiger partial charge in [0.1, 0.15) is 4.21 Å². The van der Waals surface area contributed by atoms with Crippen LogP contribution in [-0.2, 0) is 24.3 Å². The number of hydrogen-bond donors (Lipinski definition) is 2. The molecule has 1 aliphatic heterocycles. The van der Waals surface area contributed by atoms with Gasteiger partial charge in [-0.25, -0.2) is 13.1 Å². The van der Waals surface area contributed by atoms with Crippen LogP contribution in [0.25, 0.3) is 0 Å². The molecule has 23 heavy (non-hydrogen) atoms. The zero-order valence-electron chi connectivity index (χ0n) is 12.6. The molecule has 0 aliphatic carbocycles. The molecule has 0 saturated carbocycles. The van der Waals surface area contributed by atoms with Gasteiger partial charge in [0.2, 0.25) is 11.8 Å². The summed E-state index contributed by atoms with van der Waals surface area (Å²) >= 11 is 1.08. The second-order valence-electron chi connectivity index (χ2n) is 4.95. The van der Waals surface area contributed by atoms with Crippen LogP contribution < -0.4 is 10.0 Å². The lowest BCUT2D eigenvalue weighted by Gasteiger charge is -2.35. The number of carbonyl (C=O) groups excluding carboxylic acids is 2. The fourth-order valence-electron chi connectivity index (χ4n) is 2.21. The average Bonchev–Trinajstić information content (AvgIpc) is 3.08. The lowest BCUT2D eigenvalue weighted by Crippen LogP contribution is -2.53. The fourth-order valence-corrected chi connectivity index (χ4v) is 4.23. The summed E-state index contributed by atoms with van der Waals surface area (Å²) in [6, 6.07) is 2.71. The molecule has 8 nitrogen and oxygen atoms in total. The minimum absolute atomic E-state index is 0.125. The summed E-state index contributed by atoms with van der Waals surface area (Å²) in [6.45, 7) is 0.621. The van der Waals surface area contributed by atoms with Crippen LogP contribution in [0.1, 0.15) is 6.42 Å². The van der Waals surface area contributed by atoms with Gasteiger partial charge in [0, 0.05) is 20.0 Å². The fraction of sp³-hybridized carbons (Fsp3) is 0.538. The van der Waals surface area contributed by atoms with Gasteiger partial charge in [0.25, 0.3) is 10.0 Å². The highest BCUT2D eigenvalue weighted by molar-refractivity contribution is 7.91. The smallest absolute Gasteiger partial charge is 0.250 e. The number of thiophene rings is 1. The van der Waals surface area contributed by atoms with Gasteiger partial charge in [0.05, 0.1) is 25.8 Å². The van der Waals surface area contributed by atoms with Gasteiger partial charge in [0.15, 0.2) is 0 Å². The van der Waals surface area contributed by atoms with E-state index in [2.05, 4.69) is 10.0 Å². The molecule has 2 rings (SSSR count). The van der Waals surface area contributed by atoms with E-state index in [4.69, 9.17) is 4.74 Å². The van der Waals surface area contributed by atoms with Crippen molar-refractivity contribution < 1.29 is 22.7 Å². The Morgan fingerprint density at radius 3 is 2.91 bits per heavy atom. The van der Waals surface area contributed by atoms with Crippen molar-refractivity contribution in [2.24, 2.45) is 0 Å². The van der Waals surface area contributed by atoms with Crippen molar-refractivity contribution in [3.63, 3.8) is 0 Å². The van der Waals surface area contributed by atoms with E-state index in [0.717, 1.165) is 11.3 Å². The molecule has 2 N–H and O–H groups in total. The monoisotopic (exact) mass is 361 g/mol. The molecule has 1 aliphatic rings. The minimum atomic E-state index is -3.69. The first-order valence-electron chi connectivity index (χ1n) is 7.05. The Morgan fingerprint density at radius 1 is 1.48 bits per heavy atom. The Bertz CT molecular complexity index is 645. The summed E-state index contributed by atoms with van der Waals surface area (Å²) in [6.07, 6.45) is 0.125. The van der Waals surface area contributed by atoms with Crippen molar-refractivity contribution in [3.8, 4) is 0 Å². The Labute approximate surface area is 138 Å². The maximum absolute atomic E-state index is 12.3. The van der Waals surface area contributed by atoms with Crippen LogP contribution in [0.3, 0.4) is 0 Å². The molecule has 0 aromatic carbocycles. The zero-order valence-corrected chi connectivity index (χ0v) is 14.3. The van der Waals surface area contributed by atoms with Gasteiger partial charge in [-0.3, -0.25) is 9.59 Å². The Kier molecular flexibility index (Phi) is 6.10. The van der Waals surface area contributed by atoms with Crippen molar-refractivity contribution >= 4 is 33.2 Å². The molecular formula is C13H19N3O5S2. The first-order valence-corrected chi connectivity index (χ1v) is 9.41. The van der Waals surface area contributed by atoms with Crippen LogP contribution in [0.4, 0.5) is 0 Å². The van der Waals surface area contributed by atoms with E-state index in [1.54, 1.807) is 11.4 Å². The second-order valence-corrected chi connectivity index (χ2v) is 7.89. The van der Waals surface area contributed by atoms with Crippen molar-refractivity contribution in [1.82, 2.24) is 14.9 Å². The van der Waals surface area contributed by atoms with E-state index in [1.807, 2.05) is 0 Å². The average molecular weight is 361 g/mol. The van der Waals surface area contributed by atoms with Gasteiger partial charge in [-0.1, -0.05) is 6.07 Å². The first-order chi connectivity index (χ1) is 10.9. The number of nitrogens with one attached hydrogen (secondary N) is 2. The molecule has 0 unspecified atom stereocenters. The molecule has 2 amide bonds. The van der Waals surface area contributed by atoms with Crippen LogP contribution in [0.15, 0.2) is 21.7 Å². The summed E-state index contributed by atoms with van der Waals surface area (Å²) in [5.41, 5.74) is 0. The number of nitrogens with zero attached hydrogens (tertiary/aromatic N) is 1. The third kappa shape index (κ3) is 4.74. The number of ether oxygens (including phenoxy) is 1. The first kappa shape index (κ1) is 17.9. The summed E-state index contributed by atoms with van der Waals surface area (Å²) < 4.78 is 31.8. The number of morpholine rings is 1. The van der Waals surface area contributed by atoms with Crippen LogP contribution >= 0.6 is 11.3 Å². The highest BCUT2D eigenvalue weighted by Crippen LogP contribution is 2.15. The van der Waals surface area contributed by atoms with E-state index < -0.39 is 10.0 Å². The molecular weight excluding hydrogens is 342 g/mol. The third-order valence-corrected chi connectivity index (χ3v) is 6.22. The second kappa shape index (κ2) is 7.86. The molecule has 0 spiro atoms. The molecule has 1 aromatic heterocycles. The summed E-state index contributed by atoms with van der Waals surface area (Å²) in [5, 5.41) is 4.15. The molecule has 128 valence electrons. The van der Waals surface area contributed by atoms with E-state index in [1.165, 1.54) is 18.0 Å². The van der Waals surface area contributed by atoms with Crippen LogP contribution in [0.2, 0.25) is 0 Å². The van der Waals surface area contributed by atoms with Gasteiger partial charge >= 0.3 is 0 Å². The van der Waals surface area contributed by atoms with Crippen molar-refractivity contribution in [2.75, 3.05) is 33.4 Å². The van der Waals surface area contributed by atoms with E-state index >= 15 is 0 Å². The van der Waals surface area contributed by atoms with Crippen molar-refractivity contribution in [1.29, 1.82) is 0 Å². The molecule has 1 saturated heterocycles. The van der Waals surface area contributed by atoms with Gasteiger partial charge in [-0.2, -0.15) is 0 Å². The van der Waals surface area contributed by atoms with E-state index in [-0.39, 0.29) is 41.6 Å². The number of sulfonamides is 1. The number of rotatable bonds is 6. The van der Waals surface area contributed by atoms with Crippen molar-refractivity contribution in [2.45, 2.75) is 16.7 Å². The molecule has 1 aromatic rings. The topological polar surface area (TPSA) is 105 Å². The predicted molar refractivity (Wildman–Crippen MR) is 84.5 cm³/mol. The van der Waals surface area contributed by atoms with Crippen LogP contribution in [0, 0.1) is 0 Å². The standard InChI is InChI=1S/C13H19N3O5S2/c1-14-11(17)7-10-9-21-5-4-16(10)12(18)8-15-23(19,20)13-3-2-6-22-13/h2-3,6,10,15H,4-5,7-9H2,1H3,(H,14,17)/t10-/m1/s1. The largest absolute Gasteiger partial charge is 0.377 e.